The number of thioether (sulfide) groups is 1. The molecule has 0 amide bonds. The van der Waals surface area contributed by atoms with Crippen LogP contribution < -0.4 is 9.47 Å². The number of sulfone groups is 1. The van der Waals surface area contributed by atoms with Crippen molar-refractivity contribution in [1.82, 2.24) is 0 Å². The van der Waals surface area contributed by atoms with Crippen molar-refractivity contribution in [2.45, 2.75) is 63.4 Å². The highest BCUT2D eigenvalue weighted by molar-refractivity contribution is 7.99. The van der Waals surface area contributed by atoms with Gasteiger partial charge in [-0.2, -0.15) is 0 Å². The van der Waals surface area contributed by atoms with E-state index in [0.29, 0.717) is 13.0 Å². The van der Waals surface area contributed by atoms with Gasteiger partial charge in [-0.15, -0.1) is 11.8 Å². The standard InChI is InChI=1S/C32H36O6S2/c1-4-40(35,36)14-6-13-37-24-15-20(2)32(21(3)16-24)28-8-5-7-27-26(28)11-12-29(27)38-23-9-10-25-22(17-31(33)34)19-39-30(25)18-23/h5,7-10,15-16,18,22,29H,4,6,11-14,17,19H2,1-3H3,(H,33,34). The molecule has 2 aliphatic rings. The molecule has 212 valence electrons. The fourth-order valence-corrected chi connectivity index (χ4v) is 8.02. The monoisotopic (exact) mass is 580 g/mol. The quantitative estimate of drug-likeness (QED) is 0.247. The predicted molar refractivity (Wildman–Crippen MR) is 160 cm³/mol. The molecule has 0 radical (unpaired) electrons. The zero-order chi connectivity index (χ0) is 28.4. The lowest BCUT2D eigenvalue weighted by Crippen LogP contribution is -2.12. The maximum Gasteiger partial charge on any atom is 0.303 e. The molecule has 0 spiro atoms. The maximum atomic E-state index is 11.7. The van der Waals surface area contributed by atoms with Crippen LogP contribution in [0.15, 0.2) is 53.4 Å². The van der Waals surface area contributed by atoms with Gasteiger partial charge in [0.15, 0.2) is 0 Å². The van der Waals surface area contributed by atoms with Gasteiger partial charge in [0.1, 0.15) is 27.4 Å². The number of hydrogen-bond donors (Lipinski definition) is 1. The van der Waals surface area contributed by atoms with Gasteiger partial charge in [0.05, 0.1) is 18.8 Å². The van der Waals surface area contributed by atoms with E-state index in [4.69, 9.17) is 9.47 Å². The third kappa shape index (κ3) is 6.18. The van der Waals surface area contributed by atoms with E-state index >= 15 is 0 Å². The van der Waals surface area contributed by atoms with Crippen LogP contribution in [0, 0.1) is 13.8 Å². The van der Waals surface area contributed by atoms with Gasteiger partial charge in [0, 0.05) is 22.3 Å². The van der Waals surface area contributed by atoms with Crippen molar-refractivity contribution in [2.24, 2.45) is 0 Å². The van der Waals surface area contributed by atoms with E-state index in [1.807, 2.05) is 24.3 Å². The maximum absolute atomic E-state index is 11.7. The molecule has 6 nitrogen and oxygen atoms in total. The molecule has 5 rings (SSSR count). The van der Waals surface area contributed by atoms with E-state index in [1.165, 1.54) is 22.3 Å². The topological polar surface area (TPSA) is 89.9 Å². The second-order valence-corrected chi connectivity index (χ2v) is 14.2. The first-order valence-electron chi connectivity index (χ1n) is 13.9. The van der Waals surface area contributed by atoms with E-state index in [-0.39, 0.29) is 29.9 Å². The molecule has 0 aromatic heterocycles. The summed E-state index contributed by atoms with van der Waals surface area (Å²) in [7, 11) is -2.98. The summed E-state index contributed by atoms with van der Waals surface area (Å²) in [5.41, 5.74) is 8.32. The Kier molecular flexibility index (Phi) is 8.47. The number of carboxylic acid groups (broad SMARTS) is 1. The van der Waals surface area contributed by atoms with E-state index < -0.39 is 15.8 Å². The van der Waals surface area contributed by atoms with Gasteiger partial charge in [-0.3, -0.25) is 4.79 Å². The molecule has 3 aromatic rings. The number of carbonyl (C=O) groups is 1. The van der Waals surface area contributed by atoms with Crippen LogP contribution >= 0.6 is 11.8 Å². The highest BCUT2D eigenvalue weighted by atomic mass is 32.2. The first-order valence-corrected chi connectivity index (χ1v) is 16.7. The third-order valence-electron chi connectivity index (χ3n) is 7.86. The van der Waals surface area contributed by atoms with Gasteiger partial charge in [0.25, 0.3) is 0 Å². The molecule has 0 bridgehead atoms. The number of hydrogen-bond acceptors (Lipinski definition) is 6. The lowest BCUT2D eigenvalue weighted by molar-refractivity contribution is -0.137. The van der Waals surface area contributed by atoms with Crippen molar-refractivity contribution in [2.75, 3.05) is 23.9 Å². The Bertz CT molecular complexity index is 1510. The molecule has 2 atom stereocenters. The van der Waals surface area contributed by atoms with Crippen LogP contribution in [-0.2, 0) is 21.1 Å². The van der Waals surface area contributed by atoms with E-state index in [9.17, 15) is 18.3 Å². The fraction of sp³-hybridized carbons (Fsp3) is 0.406. The number of carboxylic acids is 1. The molecule has 40 heavy (non-hydrogen) atoms. The zero-order valence-corrected chi connectivity index (χ0v) is 24.9. The number of aryl methyl sites for hydroxylation is 2. The predicted octanol–water partition coefficient (Wildman–Crippen LogP) is 6.90. The van der Waals surface area contributed by atoms with Crippen molar-refractivity contribution in [1.29, 1.82) is 0 Å². The number of benzene rings is 3. The number of fused-ring (bicyclic) bond motifs is 2. The molecule has 0 fully saturated rings. The van der Waals surface area contributed by atoms with Crippen LogP contribution in [0.4, 0.5) is 0 Å². The van der Waals surface area contributed by atoms with Crippen LogP contribution in [0.3, 0.4) is 0 Å². The number of ether oxygens (including phenoxy) is 2. The second-order valence-electron chi connectivity index (χ2n) is 10.7. The largest absolute Gasteiger partial charge is 0.494 e. The Balaban J connectivity index is 1.31. The number of rotatable bonds is 11. The normalized spacial score (nSPS) is 17.9. The molecular formula is C32H36O6S2. The Morgan fingerprint density at radius 3 is 2.55 bits per heavy atom. The van der Waals surface area contributed by atoms with Crippen molar-refractivity contribution in [3.05, 3.63) is 76.3 Å². The van der Waals surface area contributed by atoms with Gasteiger partial charge in [-0.1, -0.05) is 31.2 Å². The molecule has 0 saturated heterocycles. The smallest absolute Gasteiger partial charge is 0.303 e. The van der Waals surface area contributed by atoms with Gasteiger partial charge in [0.2, 0.25) is 0 Å². The lowest BCUT2D eigenvalue weighted by Gasteiger charge is -2.19. The van der Waals surface area contributed by atoms with E-state index in [1.54, 1.807) is 18.7 Å². The van der Waals surface area contributed by atoms with Gasteiger partial charge >= 0.3 is 5.97 Å². The van der Waals surface area contributed by atoms with Crippen molar-refractivity contribution in [3.63, 3.8) is 0 Å². The summed E-state index contributed by atoms with van der Waals surface area (Å²) in [5, 5.41) is 9.21. The first-order chi connectivity index (χ1) is 19.1. The van der Waals surface area contributed by atoms with Crippen molar-refractivity contribution in [3.8, 4) is 22.6 Å². The minimum atomic E-state index is -2.98. The zero-order valence-electron chi connectivity index (χ0n) is 23.2. The van der Waals surface area contributed by atoms with Crippen LogP contribution in [0.1, 0.15) is 66.0 Å². The average Bonchev–Trinajstić information content (AvgIpc) is 3.50. The van der Waals surface area contributed by atoms with E-state index in [2.05, 4.69) is 38.1 Å². The Morgan fingerprint density at radius 1 is 1.05 bits per heavy atom. The Morgan fingerprint density at radius 2 is 1.82 bits per heavy atom. The molecule has 1 aliphatic carbocycles. The van der Waals surface area contributed by atoms with Crippen molar-refractivity contribution < 1.29 is 27.8 Å². The molecule has 1 N–H and O–H groups in total. The van der Waals surface area contributed by atoms with Crippen LogP contribution in [-0.4, -0.2) is 43.4 Å². The Hall–Kier alpha value is -2.97. The van der Waals surface area contributed by atoms with Crippen LogP contribution in [0.5, 0.6) is 11.5 Å². The van der Waals surface area contributed by atoms with Gasteiger partial charge < -0.3 is 14.6 Å². The first kappa shape index (κ1) is 28.6. The lowest BCUT2D eigenvalue weighted by atomic mass is 9.90. The highest BCUT2D eigenvalue weighted by Crippen LogP contribution is 2.45. The summed E-state index contributed by atoms with van der Waals surface area (Å²) in [4.78, 5) is 12.3. The SMILES string of the molecule is CCS(=O)(=O)CCCOc1cc(C)c(-c2cccc3c2CCC3Oc2ccc3c(c2)SCC3CC(=O)O)c(C)c1. The summed E-state index contributed by atoms with van der Waals surface area (Å²) in [6.45, 7) is 6.24. The average molecular weight is 581 g/mol. The molecule has 3 aromatic carbocycles. The minimum absolute atomic E-state index is 0.0307. The summed E-state index contributed by atoms with van der Waals surface area (Å²) >= 11 is 1.71. The molecular weight excluding hydrogens is 544 g/mol. The minimum Gasteiger partial charge on any atom is -0.494 e. The van der Waals surface area contributed by atoms with Crippen LogP contribution in [0.2, 0.25) is 0 Å². The molecule has 8 heteroatoms. The number of aliphatic carboxylic acids is 1. The summed E-state index contributed by atoms with van der Waals surface area (Å²) < 4.78 is 35.9. The molecule has 2 unspecified atom stereocenters. The van der Waals surface area contributed by atoms with Gasteiger partial charge in [-0.05, 0) is 96.3 Å². The molecule has 0 saturated carbocycles. The van der Waals surface area contributed by atoms with Gasteiger partial charge in [-0.25, -0.2) is 8.42 Å². The highest BCUT2D eigenvalue weighted by Gasteiger charge is 2.29. The molecule has 1 heterocycles. The third-order valence-corrected chi connectivity index (χ3v) is 10.9. The fourth-order valence-electron chi connectivity index (χ4n) is 5.89. The second kappa shape index (κ2) is 11.9. The van der Waals surface area contributed by atoms with Crippen molar-refractivity contribution >= 4 is 27.6 Å². The molecule has 1 aliphatic heterocycles. The summed E-state index contributed by atoms with van der Waals surface area (Å²) in [6, 6.07) is 16.6. The summed E-state index contributed by atoms with van der Waals surface area (Å²) in [5.74, 6) is 1.99. The van der Waals surface area contributed by atoms with E-state index in [0.717, 1.165) is 51.7 Å². The van der Waals surface area contributed by atoms with Crippen LogP contribution in [0.25, 0.3) is 11.1 Å². The Labute approximate surface area is 241 Å². The summed E-state index contributed by atoms with van der Waals surface area (Å²) in [6.07, 6.45) is 2.44.